The van der Waals surface area contributed by atoms with Gasteiger partial charge in [-0.1, -0.05) is 64.6 Å². The Morgan fingerprint density at radius 1 is 0.750 bits per heavy atom. The average Bonchev–Trinajstić information content (AvgIpc) is 2.48. The van der Waals surface area contributed by atoms with Crippen LogP contribution in [0.15, 0.2) is 24.3 Å². The van der Waals surface area contributed by atoms with Crippen LogP contribution in [0, 0.1) is 0 Å². The van der Waals surface area contributed by atoms with Crippen molar-refractivity contribution in [1.82, 2.24) is 0 Å². The lowest BCUT2D eigenvalue weighted by atomic mass is 10.0. The molecule has 2 rings (SSSR count). The first-order valence-corrected chi connectivity index (χ1v) is 7.07. The molecule has 2 aromatic rings. The molecule has 2 aromatic carbocycles. The molecule has 20 heavy (non-hydrogen) atoms. The van der Waals surface area contributed by atoms with Gasteiger partial charge in [-0.2, -0.15) is 0 Å². The van der Waals surface area contributed by atoms with Gasteiger partial charge in [0, 0.05) is 11.1 Å². The minimum Gasteiger partial charge on any atom is -0.496 e. The van der Waals surface area contributed by atoms with Crippen LogP contribution < -0.4 is 9.47 Å². The van der Waals surface area contributed by atoms with Crippen molar-refractivity contribution in [1.29, 1.82) is 0 Å². The molecule has 0 aliphatic heterocycles. The quantitative estimate of drug-likeness (QED) is 0.499. The second-order valence-electron chi connectivity index (χ2n) is 3.86. The summed E-state index contributed by atoms with van der Waals surface area (Å²) in [7, 11) is 3.05. The summed E-state index contributed by atoms with van der Waals surface area (Å²) in [5, 5.41) is 0.820. The van der Waals surface area contributed by atoms with E-state index in [1.807, 2.05) is 24.3 Å². The van der Waals surface area contributed by atoms with Crippen LogP contribution in [0.25, 0.3) is 11.1 Å². The molecule has 6 heteroatoms. The highest BCUT2D eigenvalue weighted by atomic mass is 35.5. The summed E-state index contributed by atoms with van der Waals surface area (Å²) in [4.78, 5) is 0. The molecular weight excluding hydrogens is 342 g/mol. The summed E-state index contributed by atoms with van der Waals surface area (Å²) in [6.45, 7) is 0. The largest absolute Gasteiger partial charge is 0.496 e. The van der Waals surface area contributed by atoms with Crippen molar-refractivity contribution in [2.75, 3.05) is 14.2 Å². The maximum absolute atomic E-state index is 6.31. The van der Waals surface area contributed by atoms with E-state index < -0.39 is 0 Å². The Hall–Kier alpha value is -0.800. The van der Waals surface area contributed by atoms with Gasteiger partial charge in [0.1, 0.15) is 16.5 Å². The fourth-order valence-corrected chi connectivity index (χ4v) is 2.91. The molecule has 0 saturated heterocycles. The lowest BCUT2D eigenvalue weighted by Gasteiger charge is -2.17. The van der Waals surface area contributed by atoms with E-state index in [-0.39, 0.29) is 20.1 Å². The number of ether oxygens (including phenoxy) is 2. The molecule has 2 nitrogen and oxygen atoms in total. The van der Waals surface area contributed by atoms with Gasteiger partial charge in [0.05, 0.1) is 29.3 Å². The van der Waals surface area contributed by atoms with Gasteiger partial charge in [-0.15, -0.1) is 0 Å². The van der Waals surface area contributed by atoms with E-state index in [1.165, 1.54) is 7.11 Å². The lowest BCUT2D eigenvalue weighted by Crippen LogP contribution is -1.95. The second kappa shape index (κ2) is 6.31. The number of benzene rings is 2. The molecule has 0 N–H and O–H groups in total. The third kappa shape index (κ3) is 2.53. The summed E-state index contributed by atoms with van der Waals surface area (Å²) in [6, 6.07) is 7.34. The van der Waals surface area contributed by atoms with Crippen molar-refractivity contribution in [3.63, 3.8) is 0 Å². The van der Waals surface area contributed by atoms with E-state index >= 15 is 0 Å². The van der Waals surface area contributed by atoms with Crippen LogP contribution in [0.1, 0.15) is 0 Å². The zero-order chi connectivity index (χ0) is 14.9. The average molecular weight is 352 g/mol. The normalized spacial score (nSPS) is 10.5. The fraction of sp³-hybridized carbons (Fsp3) is 0.143. The van der Waals surface area contributed by atoms with Crippen molar-refractivity contribution in [3.05, 3.63) is 44.4 Å². The number of hydrogen-bond donors (Lipinski definition) is 0. The third-order valence-corrected chi connectivity index (χ3v) is 4.59. The van der Waals surface area contributed by atoms with Crippen LogP contribution in [0.3, 0.4) is 0 Å². The predicted molar refractivity (Wildman–Crippen MR) is 85.0 cm³/mol. The van der Waals surface area contributed by atoms with Gasteiger partial charge in [0.15, 0.2) is 0 Å². The molecule has 0 amide bonds. The maximum Gasteiger partial charge on any atom is 0.148 e. The van der Waals surface area contributed by atoms with Gasteiger partial charge >= 0.3 is 0 Å². The Morgan fingerprint density at radius 2 is 1.35 bits per heavy atom. The smallest absolute Gasteiger partial charge is 0.148 e. The van der Waals surface area contributed by atoms with Crippen LogP contribution in [0.4, 0.5) is 0 Å². The molecule has 0 aliphatic carbocycles. The first-order chi connectivity index (χ1) is 9.52. The Bertz CT molecular complexity index is 656. The molecule has 0 atom stereocenters. The lowest BCUT2D eigenvalue weighted by molar-refractivity contribution is 0.410. The van der Waals surface area contributed by atoms with Crippen LogP contribution in [0.2, 0.25) is 20.1 Å². The molecule has 0 aliphatic rings. The molecule has 106 valence electrons. The standard InChI is InChI=1S/C14H10Cl4O2/c1-19-8-6-4-3-5-7(8)9-10(15)11(16)12(17)13(18)14(9)20-2/h3-6H,1-2H3. The van der Waals surface area contributed by atoms with Crippen LogP contribution in [0.5, 0.6) is 11.5 Å². The van der Waals surface area contributed by atoms with Gasteiger partial charge < -0.3 is 9.47 Å². The third-order valence-electron chi connectivity index (χ3n) is 2.80. The first-order valence-electron chi connectivity index (χ1n) is 5.56. The zero-order valence-corrected chi connectivity index (χ0v) is 13.7. The summed E-state index contributed by atoms with van der Waals surface area (Å²) in [5.74, 6) is 0.984. The fourth-order valence-electron chi connectivity index (χ4n) is 1.89. The molecule has 0 aromatic heterocycles. The predicted octanol–water partition coefficient (Wildman–Crippen LogP) is 5.98. The van der Waals surface area contributed by atoms with Gasteiger partial charge in [-0.25, -0.2) is 0 Å². The van der Waals surface area contributed by atoms with Gasteiger partial charge in [0.25, 0.3) is 0 Å². The Balaban J connectivity index is 2.86. The minimum absolute atomic E-state index is 0.161. The van der Waals surface area contributed by atoms with Gasteiger partial charge in [-0.3, -0.25) is 0 Å². The van der Waals surface area contributed by atoms with E-state index in [0.29, 0.717) is 17.1 Å². The Morgan fingerprint density at radius 3 is 1.95 bits per heavy atom. The minimum atomic E-state index is 0.161. The van der Waals surface area contributed by atoms with Crippen molar-refractivity contribution in [2.24, 2.45) is 0 Å². The van der Waals surface area contributed by atoms with E-state index in [9.17, 15) is 0 Å². The molecule has 0 unspecified atom stereocenters. The van der Waals surface area contributed by atoms with Gasteiger partial charge in [-0.05, 0) is 6.07 Å². The molecule has 0 saturated carbocycles. The number of methoxy groups -OCH3 is 2. The monoisotopic (exact) mass is 350 g/mol. The summed E-state index contributed by atoms with van der Waals surface area (Å²) >= 11 is 24.6. The van der Waals surface area contributed by atoms with E-state index in [4.69, 9.17) is 55.9 Å². The number of halogens is 4. The first kappa shape index (κ1) is 15.6. The van der Waals surface area contributed by atoms with E-state index in [1.54, 1.807) is 7.11 Å². The van der Waals surface area contributed by atoms with Crippen molar-refractivity contribution < 1.29 is 9.47 Å². The highest BCUT2D eigenvalue weighted by molar-refractivity contribution is 6.53. The molecule has 0 heterocycles. The number of rotatable bonds is 3. The second-order valence-corrected chi connectivity index (χ2v) is 5.38. The van der Waals surface area contributed by atoms with E-state index in [2.05, 4.69) is 0 Å². The summed E-state index contributed by atoms with van der Waals surface area (Å²) in [5.41, 5.74) is 1.27. The molecule has 0 fully saturated rings. The number of para-hydroxylation sites is 1. The van der Waals surface area contributed by atoms with E-state index in [0.717, 1.165) is 5.56 Å². The Labute approximate surface area is 137 Å². The number of hydrogen-bond acceptors (Lipinski definition) is 2. The van der Waals surface area contributed by atoms with Crippen LogP contribution in [-0.4, -0.2) is 14.2 Å². The SMILES string of the molecule is COc1ccccc1-c1c(Cl)c(Cl)c(Cl)c(Cl)c1OC. The molecular formula is C14H10Cl4O2. The zero-order valence-electron chi connectivity index (χ0n) is 10.6. The molecule has 0 radical (unpaired) electrons. The van der Waals surface area contributed by atoms with Crippen molar-refractivity contribution in [3.8, 4) is 22.6 Å². The van der Waals surface area contributed by atoms with Crippen LogP contribution in [-0.2, 0) is 0 Å². The maximum atomic E-state index is 6.31. The van der Waals surface area contributed by atoms with Gasteiger partial charge in [0.2, 0.25) is 0 Å². The Kier molecular flexibility index (Phi) is 4.92. The van der Waals surface area contributed by atoms with Crippen LogP contribution >= 0.6 is 46.4 Å². The molecule has 0 bridgehead atoms. The topological polar surface area (TPSA) is 18.5 Å². The van der Waals surface area contributed by atoms with Crippen molar-refractivity contribution in [2.45, 2.75) is 0 Å². The highest BCUT2D eigenvalue weighted by Gasteiger charge is 2.23. The summed E-state index contributed by atoms with van der Waals surface area (Å²) in [6.07, 6.45) is 0. The van der Waals surface area contributed by atoms with Crippen molar-refractivity contribution >= 4 is 46.4 Å². The highest BCUT2D eigenvalue weighted by Crippen LogP contribution is 2.51. The summed E-state index contributed by atoms with van der Waals surface area (Å²) < 4.78 is 10.7. The molecule has 0 spiro atoms.